The Labute approximate surface area is 359 Å². The topological polar surface area (TPSA) is 108 Å². The Hall–Kier alpha value is -1.54. The number of nitrogens with zero attached hydrogens (tertiary/aromatic N) is 1. The van der Waals surface area contributed by atoms with Crippen LogP contribution in [0.25, 0.3) is 0 Å². The zero-order chi connectivity index (χ0) is 42.8. The molecule has 0 rings (SSSR count). The number of carbonyl (C=O) groups excluding carboxylic acids is 1. The SMILES string of the molecule is CCC/C=C/CC/C=C/C(O)C(COP(=O)([O-])OCC[N+](C)(C)C)NC(=O)CCCCCCCCCCCCCCCCCCC/C=C\C/C=C\CCCCCCC. The van der Waals surface area contributed by atoms with Crippen LogP contribution in [0.5, 0.6) is 0 Å². The lowest BCUT2D eigenvalue weighted by Gasteiger charge is -2.29. The van der Waals surface area contributed by atoms with Gasteiger partial charge in [0.2, 0.25) is 5.91 Å². The lowest BCUT2D eigenvalue weighted by molar-refractivity contribution is -0.870. The van der Waals surface area contributed by atoms with Gasteiger partial charge in [0.05, 0.1) is 39.9 Å². The molecule has 2 N–H and O–H groups in total. The van der Waals surface area contributed by atoms with Crippen LogP contribution in [-0.2, 0) is 18.4 Å². The number of carbonyl (C=O) groups is 1. The van der Waals surface area contributed by atoms with Crippen molar-refractivity contribution < 1.29 is 32.9 Å². The van der Waals surface area contributed by atoms with Crippen molar-refractivity contribution in [3.05, 3.63) is 48.6 Å². The summed E-state index contributed by atoms with van der Waals surface area (Å²) in [5.41, 5.74) is 0. The minimum Gasteiger partial charge on any atom is -0.756 e. The van der Waals surface area contributed by atoms with Crippen LogP contribution in [-0.4, -0.2) is 68.5 Å². The Morgan fingerprint density at radius 2 is 1.05 bits per heavy atom. The highest BCUT2D eigenvalue weighted by Gasteiger charge is 2.23. The van der Waals surface area contributed by atoms with E-state index in [-0.39, 0.29) is 12.5 Å². The number of phosphoric ester groups is 1. The predicted octanol–water partition coefficient (Wildman–Crippen LogP) is 13.0. The smallest absolute Gasteiger partial charge is 0.268 e. The Morgan fingerprint density at radius 1 is 0.603 bits per heavy atom. The molecule has 8 nitrogen and oxygen atoms in total. The minimum atomic E-state index is -4.59. The van der Waals surface area contributed by atoms with Gasteiger partial charge >= 0.3 is 0 Å². The lowest BCUT2D eigenvalue weighted by atomic mass is 10.0. The van der Waals surface area contributed by atoms with E-state index in [2.05, 4.69) is 55.6 Å². The fourth-order valence-corrected chi connectivity index (χ4v) is 7.40. The second kappa shape index (κ2) is 40.8. The maximum absolute atomic E-state index is 12.8. The van der Waals surface area contributed by atoms with Crippen molar-refractivity contribution in [2.45, 2.75) is 219 Å². The van der Waals surface area contributed by atoms with Crippen LogP contribution in [0.4, 0.5) is 0 Å². The number of phosphoric acid groups is 1. The molecule has 0 aliphatic rings. The van der Waals surface area contributed by atoms with Crippen LogP contribution in [0.2, 0.25) is 0 Å². The standard InChI is InChI=1S/C49H93N2O6P/c1-6-8-10-12-14-15-16-17-18-19-20-21-22-23-24-25-26-27-28-29-30-31-32-33-34-35-37-39-41-43-49(53)50-47(48(52)42-40-38-36-13-11-9-7-2)46-57-58(54,55)56-45-44-51(3,4)5/h11,13,16-17,19-20,40,42,47-48,52H,6-10,12,14-15,18,21-39,41,43-46H2,1-5H3,(H-,50,53,54,55)/b13-11+,17-16-,20-19-,42-40+. The molecule has 0 saturated carbocycles. The van der Waals surface area contributed by atoms with E-state index in [1.807, 2.05) is 27.2 Å². The largest absolute Gasteiger partial charge is 0.756 e. The fourth-order valence-electron chi connectivity index (χ4n) is 6.68. The highest BCUT2D eigenvalue weighted by molar-refractivity contribution is 7.45. The molecule has 0 aromatic carbocycles. The molecule has 340 valence electrons. The third-order valence-corrected chi connectivity index (χ3v) is 11.5. The van der Waals surface area contributed by atoms with Gasteiger partial charge in [-0.2, -0.15) is 0 Å². The molecule has 0 fully saturated rings. The number of hydrogen-bond acceptors (Lipinski definition) is 6. The quantitative estimate of drug-likeness (QED) is 0.0274. The fraction of sp³-hybridized carbons (Fsp3) is 0.816. The molecule has 0 heterocycles. The molecule has 0 aliphatic carbocycles. The van der Waals surface area contributed by atoms with E-state index in [4.69, 9.17) is 9.05 Å². The van der Waals surface area contributed by atoms with Gasteiger partial charge in [-0.15, -0.1) is 0 Å². The Kier molecular flexibility index (Phi) is 39.8. The first-order chi connectivity index (χ1) is 28.0. The Balaban J connectivity index is 3.98. The predicted molar refractivity (Wildman–Crippen MR) is 247 cm³/mol. The number of hydrogen-bond donors (Lipinski definition) is 2. The third-order valence-electron chi connectivity index (χ3n) is 10.5. The summed E-state index contributed by atoms with van der Waals surface area (Å²) in [6.07, 6.45) is 52.1. The van der Waals surface area contributed by atoms with Gasteiger partial charge in [-0.25, -0.2) is 0 Å². The maximum atomic E-state index is 12.8. The molecular weight excluding hydrogens is 744 g/mol. The van der Waals surface area contributed by atoms with Crippen molar-refractivity contribution in [1.82, 2.24) is 5.32 Å². The number of likely N-dealkylation sites (N-methyl/N-ethyl adjacent to an activating group) is 1. The highest BCUT2D eigenvalue weighted by atomic mass is 31.2. The monoisotopic (exact) mass is 837 g/mol. The van der Waals surface area contributed by atoms with Gasteiger partial charge in [-0.1, -0.05) is 191 Å². The number of aliphatic hydroxyl groups excluding tert-OH is 1. The Bertz CT molecular complexity index is 1090. The van der Waals surface area contributed by atoms with Crippen LogP contribution in [0.3, 0.4) is 0 Å². The summed E-state index contributed by atoms with van der Waals surface area (Å²) in [4.78, 5) is 25.2. The van der Waals surface area contributed by atoms with Crippen molar-refractivity contribution >= 4 is 13.7 Å². The molecule has 3 unspecified atom stereocenters. The second-order valence-corrected chi connectivity index (χ2v) is 18.9. The number of rotatable bonds is 43. The van der Waals surface area contributed by atoms with Gasteiger partial charge < -0.3 is 28.8 Å². The van der Waals surface area contributed by atoms with E-state index in [1.54, 1.807) is 6.08 Å². The number of quaternary nitrogens is 1. The summed E-state index contributed by atoms with van der Waals surface area (Å²) in [5, 5.41) is 13.6. The lowest BCUT2D eigenvalue weighted by Crippen LogP contribution is -2.45. The van der Waals surface area contributed by atoms with Crippen LogP contribution in [0, 0.1) is 0 Å². The first-order valence-corrected chi connectivity index (χ1v) is 25.5. The van der Waals surface area contributed by atoms with Crippen LogP contribution in [0.15, 0.2) is 48.6 Å². The average molecular weight is 837 g/mol. The number of allylic oxidation sites excluding steroid dienone is 7. The molecule has 0 aliphatic heterocycles. The van der Waals surface area contributed by atoms with E-state index in [0.29, 0.717) is 17.4 Å². The van der Waals surface area contributed by atoms with E-state index in [0.717, 1.165) is 51.4 Å². The molecule has 0 spiro atoms. The maximum Gasteiger partial charge on any atom is 0.268 e. The average Bonchev–Trinajstić information content (AvgIpc) is 3.17. The number of nitrogens with one attached hydrogen (secondary N) is 1. The minimum absolute atomic E-state index is 0.00722. The van der Waals surface area contributed by atoms with Gasteiger partial charge in [-0.3, -0.25) is 9.36 Å². The summed E-state index contributed by atoms with van der Waals surface area (Å²) >= 11 is 0. The van der Waals surface area contributed by atoms with Crippen molar-refractivity contribution in [1.29, 1.82) is 0 Å². The first kappa shape index (κ1) is 56.5. The van der Waals surface area contributed by atoms with Crippen LogP contribution in [0.1, 0.15) is 206 Å². The first-order valence-electron chi connectivity index (χ1n) is 24.0. The second-order valence-electron chi connectivity index (χ2n) is 17.5. The van der Waals surface area contributed by atoms with Crippen molar-refractivity contribution in [2.75, 3.05) is 40.9 Å². The van der Waals surface area contributed by atoms with Gasteiger partial charge in [0.15, 0.2) is 0 Å². The van der Waals surface area contributed by atoms with Gasteiger partial charge in [0.25, 0.3) is 7.82 Å². The molecular formula is C49H93N2O6P. The molecule has 0 bridgehead atoms. The van der Waals surface area contributed by atoms with Crippen molar-refractivity contribution in [3.8, 4) is 0 Å². The Morgan fingerprint density at radius 3 is 1.55 bits per heavy atom. The van der Waals surface area contributed by atoms with Crippen molar-refractivity contribution in [3.63, 3.8) is 0 Å². The molecule has 0 radical (unpaired) electrons. The zero-order valence-electron chi connectivity index (χ0n) is 38.5. The third kappa shape index (κ3) is 42.6. The normalized spacial score (nSPS) is 14.7. The molecule has 9 heteroatoms. The number of amides is 1. The number of unbranched alkanes of at least 4 members (excludes halogenated alkanes) is 24. The number of aliphatic hydroxyl groups is 1. The van der Waals surface area contributed by atoms with Crippen LogP contribution < -0.4 is 10.2 Å². The van der Waals surface area contributed by atoms with Gasteiger partial charge in [0, 0.05) is 6.42 Å². The molecule has 0 aromatic rings. The van der Waals surface area contributed by atoms with Gasteiger partial charge in [-0.05, 0) is 57.8 Å². The summed E-state index contributed by atoms with van der Waals surface area (Å²) in [5.74, 6) is -0.212. The zero-order valence-corrected chi connectivity index (χ0v) is 39.4. The molecule has 3 atom stereocenters. The summed E-state index contributed by atoms with van der Waals surface area (Å²) in [6.45, 7) is 4.50. The van der Waals surface area contributed by atoms with Crippen molar-refractivity contribution in [2.24, 2.45) is 0 Å². The summed E-state index contributed by atoms with van der Waals surface area (Å²) in [7, 11) is 1.24. The summed E-state index contributed by atoms with van der Waals surface area (Å²) in [6, 6.07) is -0.899. The highest BCUT2D eigenvalue weighted by Crippen LogP contribution is 2.38. The molecule has 0 aromatic heterocycles. The molecule has 1 amide bonds. The molecule has 58 heavy (non-hydrogen) atoms. The van der Waals surface area contributed by atoms with E-state index in [1.165, 1.54) is 135 Å². The summed E-state index contributed by atoms with van der Waals surface area (Å²) < 4.78 is 23.1. The van der Waals surface area contributed by atoms with E-state index < -0.39 is 26.6 Å². The van der Waals surface area contributed by atoms with Gasteiger partial charge in [0.1, 0.15) is 13.2 Å². The van der Waals surface area contributed by atoms with E-state index >= 15 is 0 Å². The van der Waals surface area contributed by atoms with E-state index in [9.17, 15) is 19.4 Å². The van der Waals surface area contributed by atoms with Crippen LogP contribution >= 0.6 is 7.82 Å². The molecule has 0 saturated heterocycles.